The van der Waals surface area contributed by atoms with Crippen LogP contribution in [0.4, 0.5) is 0 Å². The Bertz CT molecular complexity index is 563. The maximum atomic E-state index is 6.22. The smallest absolute Gasteiger partial charge is 0.0452 e. The molecule has 0 saturated heterocycles. The predicted octanol–water partition coefficient (Wildman–Crippen LogP) is 6.40. The molecule has 4 heteroatoms. The van der Waals surface area contributed by atoms with E-state index in [0.29, 0.717) is 21.8 Å². The minimum absolute atomic E-state index is 0.309. The lowest BCUT2D eigenvalue weighted by molar-refractivity contribution is 0.584. The van der Waals surface area contributed by atoms with Gasteiger partial charge in [0.15, 0.2) is 0 Å². The van der Waals surface area contributed by atoms with Crippen LogP contribution < -0.4 is 0 Å². The van der Waals surface area contributed by atoms with Crippen LogP contribution in [0.15, 0.2) is 46.9 Å². The SMILES string of the molecule is ClCC(Cc1cccc(Br)c1)Cc1c(Cl)cccc1Cl. The molecule has 0 amide bonds. The molecule has 0 nitrogen and oxygen atoms in total. The highest BCUT2D eigenvalue weighted by atomic mass is 79.9. The second-order valence-corrected chi connectivity index (χ2v) is 6.80. The predicted molar refractivity (Wildman–Crippen MR) is 92.2 cm³/mol. The van der Waals surface area contributed by atoms with Gasteiger partial charge in [-0.25, -0.2) is 0 Å². The molecular weight excluding hydrogens is 378 g/mol. The summed E-state index contributed by atoms with van der Waals surface area (Å²) in [5, 5.41) is 1.42. The molecule has 0 aromatic heterocycles. The molecule has 0 N–H and O–H groups in total. The highest BCUT2D eigenvalue weighted by Gasteiger charge is 2.14. The van der Waals surface area contributed by atoms with Crippen molar-refractivity contribution in [3.63, 3.8) is 0 Å². The highest BCUT2D eigenvalue weighted by molar-refractivity contribution is 9.10. The average Bonchev–Trinajstić information content (AvgIpc) is 2.42. The zero-order valence-electron chi connectivity index (χ0n) is 10.8. The van der Waals surface area contributed by atoms with E-state index < -0.39 is 0 Å². The van der Waals surface area contributed by atoms with Gasteiger partial charge in [0.05, 0.1) is 0 Å². The second kappa shape index (κ2) is 7.70. The maximum absolute atomic E-state index is 6.22. The van der Waals surface area contributed by atoms with Crippen molar-refractivity contribution in [2.75, 3.05) is 5.88 Å². The van der Waals surface area contributed by atoms with Crippen molar-refractivity contribution in [2.24, 2.45) is 5.92 Å². The monoisotopic (exact) mass is 390 g/mol. The Morgan fingerprint density at radius 1 is 0.950 bits per heavy atom. The summed E-state index contributed by atoms with van der Waals surface area (Å²) in [6.45, 7) is 0. The summed E-state index contributed by atoms with van der Waals surface area (Å²) in [5.41, 5.74) is 2.24. The van der Waals surface area contributed by atoms with Crippen molar-refractivity contribution in [1.29, 1.82) is 0 Å². The minimum Gasteiger partial charge on any atom is -0.126 e. The van der Waals surface area contributed by atoms with Gasteiger partial charge in [-0.05, 0) is 54.2 Å². The largest absolute Gasteiger partial charge is 0.126 e. The van der Waals surface area contributed by atoms with E-state index >= 15 is 0 Å². The van der Waals surface area contributed by atoms with E-state index in [1.54, 1.807) is 0 Å². The number of benzene rings is 2. The fourth-order valence-electron chi connectivity index (χ4n) is 2.19. The van der Waals surface area contributed by atoms with Crippen LogP contribution in [0, 0.1) is 5.92 Å². The van der Waals surface area contributed by atoms with Crippen LogP contribution in [0.2, 0.25) is 10.0 Å². The topological polar surface area (TPSA) is 0 Å². The molecule has 0 spiro atoms. The van der Waals surface area contributed by atoms with Crippen LogP contribution in [0.25, 0.3) is 0 Å². The van der Waals surface area contributed by atoms with Gasteiger partial charge >= 0.3 is 0 Å². The summed E-state index contributed by atoms with van der Waals surface area (Å²) < 4.78 is 1.08. The first-order chi connectivity index (χ1) is 9.60. The lowest BCUT2D eigenvalue weighted by Gasteiger charge is -2.16. The number of hydrogen-bond acceptors (Lipinski definition) is 0. The van der Waals surface area contributed by atoms with Crippen LogP contribution in [0.1, 0.15) is 11.1 Å². The normalized spacial score (nSPS) is 12.4. The molecule has 2 aromatic carbocycles. The van der Waals surface area contributed by atoms with Gasteiger partial charge in [-0.15, -0.1) is 11.6 Å². The van der Waals surface area contributed by atoms with Gasteiger partial charge in [0.2, 0.25) is 0 Å². The molecule has 106 valence electrons. The molecule has 0 saturated carbocycles. The van der Waals surface area contributed by atoms with Crippen LogP contribution in [-0.4, -0.2) is 5.88 Å². The Labute approximate surface area is 143 Å². The van der Waals surface area contributed by atoms with Crippen molar-refractivity contribution in [3.05, 3.63) is 68.1 Å². The fourth-order valence-corrected chi connectivity index (χ4v) is 3.41. The number of rotatable bonds is 5. The third-order valence-corrected chi connectivity index (χ3v) is 4.82. The van der Waals surface area contributed by atoms with Crippen LogP contribution in [0.3, 0.4) is 0 Å². The van der Waals surface area contributed by atoms with E-state index in [-0.39, 0.29) is 0 Å². The summed E-state index contributed by atoms with van der Waals surface area (Å²) in [4.78, 5) is 0. The zero-order valence-corrected chi connectivity index (χ0v) is 14.6. The Morgan fingerprint density at radius 2 is 1.60 bits per heavy atom. The van der Waals surface area contributed by atoms with Crippen molar-refractivity contribution in [2.45, 2.75) is 12.8 Å². The molecule has 2 rings (SSSR count). The van der Waals surface area contributed by atoms with Crippen molar-refractivity contribution in [1.82, 2.24) is 0 Å². The first-order valence-electron chi connectivity index (χ1n) is 6.33. The molecule has 1 atom stereocenters. The molecule has 0 aliphatic carbocycles. The van der Waals surface area contributed by atoms with Gasteiger partial charge in [-0.1, -0.05) is 57.3 Å². The molecular formula is C16H14BrCl3. The van der Waals surface area contributed by atoms with Gasteiger partial charge in [0, 0.05) is 20.4 Å². The zero-order chi connectivity index (χ0) is 14.5. The van der Waals surface area contributed by atoms with E-state index in [9.17, 15) is 0 Å². The molecule has 0 aliphatic heterocycles. The van der Waals surface area contributed by atoms with Gasteiger partial charge in [-0.2, -0.15) is 0 Å². The van der Waals surface area contributed by atoms with Crippen LogP contribution >= 0.6 is 50.7 Å². The molecule has 0 radical (unpaired) electrons. The quantitative estimate of drug-likeness (QED) is 0.517. The van der Waals surface area contributed by atoms with Crippen molar-refractivity contribution < 1.29 is 0 Å². The van der Waals surface area contributed by atoms with Gasteiger partial charge < -0.3 is 0 Å². The summed E-state index contributed by atoms with van der Waals surface area (Å²) in [5.74, 6) is 0.886. The number of hydrogen-bond donors (Lipinski definition) is 0. The molecule has 0 aliphatic rings. The van der Waals surface area contributed by atoms with Gasteiger partial charge in [0.1, 0.15) is 0 Å². The summed E-state index contributed by atoms with van der Waals surface area (Å²) in [7, 11) is 0. The minimum atomic E-state index is 0.309. The molecule has 20 heavy (non-hydrogen) atoms. The van der Waals surface area contributed by atoms with Crippen molar-refractivity contribution in [3.8, 4) is 0 Å². The number of halogens is 4. The summed E-state index contributed by atoms with van der Waals surface area (Å²) >= 11 is 22.1. The number of alkyl halides is 1. The van der Waals surface area contributed by atoms with E-state index in [0.717, 1.165) is 22.9 Å². The van der Waals surface area contributed by atoms with E-state index in [1.807, 2.05) is 30.3 Å². The van der Waals surface area contributed by atoms with Crippen LogP contribution in [-0.2, 0) is 12.8 Å². The van der Waals surface area contributed by atoms with E-state index in [1.165, 1.54) is 5.56 Å². The molecule has 0 bridgehead atoms. The first-order valence-corrected chi connectivity index (χ1v) is 8.41. The summed E-state index contributed by atoms with van der Waals surface area (Å²) in [6, 6.07) is 13.9. The van der Waals surface area contributed by atoms with Crippen LogP contribution in [0.5, 0.6) is 0 Å². The van der Waals surface area contributed by atoms with Gasteiger partial charge in [0.25, 0.3) is 0 Å². The summed E-state index contributed by atoms with van der Waals surface area (Å²) in [6.07, 6.45) is 1.69. The lowest BCUT2D eigenvalue weighted by atomic mass is 9.94. The fraction of sp³-hybridized carbons (Fsp3) is 0.250. The Balaban J connectivity index is 2.13. The Kier molecular flexibility index (Phi) is 6.22. The standard InChI is InChI=1S/C16H14BrCl3/c17-13-4-1-3-11(8-13)7-12(10-18)9-14-15(19)5-2-6-16(14)20/h1-6,8,12H,7,9-10H2. The molecule has 2 aromatic rings. The third kappa shape index (κ3) is 4.39. The first kappa shape index (κ1) is 16.2. The maximum Gasteiger partial charge on any atom is 0.0452 e. The average molecular weight is 393 g/mol. The van der Waals surface area contributed by atoms with Gasteiger partial charge in [-0.3, -0.25) is 0 Å². The highest BCUT2D eigenvalue weighted by Crippen LogP contribution is 2.28. The Morgan fingerprint density at radius 3 is 2.20 bits per heavy atom. The molecule has 0 heterocycles. The Hall–Kier alpha value is -0.210. The van der Waals surface area contributed by atoms with E-state index in [4.69, 9.17) is 34.8 Å². The molecule has 1 unspecified atom stereocenters. The second-order valence-electron chi connectivity index (χ2n) is 4.76. The third-order valence-electron chi connectivity index (χ3n) is 3.19. The lowest BCUT2D eigenvalue weighted by Crippen LogP contribution is -2.11. The van der Waals surface area contributed by atoms with Crippen molar-refractivity contribution >= 4 is 50.7 Å². The molecule has 0 fully saturated rings. The van der Waals surface area contributed by atoms with E-state index in [2.05, 4.69) is 28.1 Å².